The maximum absolute atomic E-state index is 11.9. The van der Waals surface area contributed by atoms with E-state index in [2.05, 4.69) is 16.2 Å². The van der Waals surface area contributed by atoms with Crippen molar-refractivity contribution < 1.29 is 4.79 Å². The molecule has 0 bridgehead atoms. The third-order valence-corrected chi connectivity index (χ3v) is 3.13. The van der Waals surface area contributed by atoms with Crippen LogP contribution in [0.5, 0.6) is 0 Å². The first kappa shape index (κ1) is 15.3. The molecule has 0 spiro atoms. The molecule has 0 unspecified atom stereocenters. The first-order valence-corrected chi connectivity index (χ1v) is 7.03. The third-order valence-electron chi connectivity index (χ3n) is 2.69. The molecule has 2 rings (SSSR count). The van der Waals surface area contributed by atoms with Gasteiger partial charge in [-0.1, -0.05) is 35.4 Å². The number of amides is 1. The van der Waals surface area contributed by atoms with Crippen molar-refractivity contribution in [1.82, 2.24) is 10.9 Å². The van der Waals surface area contributed by atoms with Crippen molar-refractivity contribution in [2.45, 2.75) is 6.92 Å². The quantitative estimate of drug-likeness (QED) is 0.587. The second kappa shape index (κ2) is 7.06. The zero-order valence-corrected chi connectivity index (χ0v) is 12.9. The van der Waals surface area contributed by atoms with Gasteiger partial charge in [0.15, 0.2) is 5.11 Å². The van der Waals surface area contributed by atoms with Gasteiger partial charge in [-0.2, -0.15) is 0 Å². The maximum atomic E-state index is 11.9. The van der Waals surface area contributed by atoms with E-state index in [1.807, 2.05) is 31.2 Å². The Bertz CT molecular complexity index is 658. The van der Waals surface area contributed by atoms with Crippen LogP contribution in [0, 0.1) is 6.92 Å². The Kier molecular flexibility index (Phi) is 5.14. The molecule has 2 aromatic rings. The summed E-state index contributed by atoms with van der Waals surface area (Å²) in [4.78, 5) is 11.9. The summed E-state index contributed by atoms with van der Waals surface area (Å²) in [6, 6.07) is 14.4. The predicted molar refractivity (Wildman–Crippen MR) is 89.5 cm³/mol. The molecule has 0 radical (unpaired) electrons. The molecule has 0 aliphatic rings. The van der Waals surface area contributed by atoms with Gasteiger partial charge in [-0.05, 0) is 49.5 Å². The molecule has 1 amide bonds. The lowest BCUT2D eigenvalue weighted by Crippen LogP contribution is -2.43. The Morgan fingerprint density at radius 1 is 1.10 bits per heavy atom. The van der Waals surface area contributed by atoms with Crippen molar-refractivity contribution in [3.8, 4) is 0 Å². The summed E-state index contributed by atoms with van der Waals surface area (Å²) in [5.74, 6) is -0.314. The van der Waals surface area contributed by atoms with Crippen LogP contribution in [0.1, 0.15) is 15.9 Å². The van der Waals surface area contributed by atoms with Crippen LogP contribution in [0.2, 0.25) is 5.02 Å². The number of anilines is 1. The van der Waals surface area contributed by atoms with Gasteiger partial charge in [0, 0.05) is 16.3 Å². The van der Waals surface area contributed by atoms with Crippen LogP contribution in [-0.2, 0) is 0 Å². The van der Waals surface area contributed by atoms with Crippen molar-refractivity contribution in [2.24, 2.45) is 0 Å². The van der Waals surface area contributed by atoms with Crippen molar-refractivity contribution in [3.63, 3.8) is 0 Å². The Morgan fingerprint density at radius 2 is 1.81 bits per heavy atom. The second-order valence-corrected chi connectivity index (χ2v) is 5.25. The van der Waals surface area contributed by atoms with E-state index in [1.54, 1.807) is 24.3 Å². The SMILES string of the molecule is Cc1ccc(NC(=S)NNC(=O)c2cccc(Cl)c2)cc1. The molecule has 0 fully saturated rings. The number of aryl methyl sites for hydroxylation is 1. The Labute approximate surface area is 133 Å². The van der Waals surface area contributed by atoms with Crippen LogP contribution >= 0.6 is 23.8 Å². The molecule has 0 atom stereocenters. The summed E-state index contributed by atoms with van der Waals surface area (Å²) in [7, 11) is 0. The number of rotatable bonds is 2. The zero-order chi connectivity index (χ0) is 15.2. The van der Waals surface area contributed by atoms with Crippen molar-refractivity contribution >= 4 is 40.5 Å². The second-order valence-electron chi connectivity index (χ2n) is 4.41. The number of nitrogens with one attached hydrogen (secondary N) is 3. The van der Waals surface area contributed by atoms with Crippen LogP contribution in [0.15, 0.2) is 48.5 Å². The summed E-state index contributed by atoms with van der Waals surface area (Å²) >= 11 is 10.9. The predicted octanol–water partition coefficient (Wildman–Crippen LogP) is 3.28. The number of halogens is 1. The normalized spacial score (nSPS) is 9.81. The number of benzene rings is 2. The maximum Gasteiger partial charge on any atom is 0.269 e. The highest BCUT2D eigenvalue weighted by Gasteiger charge is 2.06. The molecule has 3 N–H and O–H groups in total. The Hall–Kier alpha value is -2.11. The van der Waals surface area contributed by atoms with Crippen LogP contribution in [0.25, 0.3) is 0 Å². The molecule has 0 aromatic heterocycles. The van der Waals surface area contributed by atoms with E-state index < -0.39 is 0 Å². The summed E-state index contributed by atoms with van der Waals surface area (Å²) in [5, 5.41) is 3.77. The van der Waals surface area contributed by atoms with Gasteiger partial charge in [0.2, 0.25) is 0 Å². The first-order chi connectivity index (χ1) is 10.0. The average Bonchev–Trinajstić information content (AvgIpc) is 2.47. The molecule has 0 saturated heterocycles. The topological polar surface area (TPSA) is 53.2 Å². The average molecular weight is 320 g/mol. The lowest BCUT2D eigenvalue weighted by Gasteiger charge is -2.11. The fraction of sp³-hybridized carbons (Fsp3) is 0.0667. The van der Waals surface area contributed by atoms with Gasteiger partial charge in [-0.15, -0.1) is 0 Å². The lowest BCUT2D eigenvalue weighted by molar-refractivity contribution is 0.0944. The standard InChI is InChI=1S/C15H14ClN3OS/c1-10-5-7-13(8-6-10)17-15(21)19-18-14(20)11-3-2-4-12(16)9-11/h2-9H,1H3,(H,18,20)(H2,17,19,21). The molecular formula is C15H14ClN3OS. The molecule has 21 heavy (non-hydrogen) atoms. The summed E-state index contributed by atoms with van der Waals surface area (Å²) in [5.41, 5.74) is 7.60. The minimum Gasteiger partial charge on any atom is -0.331 e. The Morgan fingerprint density at radius 3 is 2.48 bits per heavy atom. The van der Waals surface area contributed by atoms with E-state index in [4.69, 9.17) is 23.8 Å². The molecule has 0 saturated carbocycles. The van der Waals surface area contributed by atoms with Gasteiger partial charge >= 0.3 is 0 Å². The van der Waals surface area contributed by atoms with Crippen molar-refractivity contribution in [3.05, 3.63) is 64.7 Å². The lowest BCUT2D eigenvalue weighted by atomic mass is 10.2. The third kappa shape index (κ3) is 4.73. The highest BCUT2D eigenvalue weighted by Crippen LogP contribution is 2.10. The highest BCUT2D eigenvalue weighted by molar-refractivity contribution is 7.80. The minimum absolute atomic E-state index is 0.300. The molecular weight excluding hydrogens is 306 g/mol. The fourth-order valence-corrected chi connectivity index (χ4v) is 1.97. The van der Waals surface area contributed by atoms with E-state index in [0.717, 1.165) is 11.3 Å². The van der Waals surface area contributed by atoms with Crippen LogP contribution < -0.4 is 16.2 Å². The molecule has 2 aromatic carbocycles. The number of hydrazine groups is 1. The van der Waals surface area contributed by atoms with Crippen molar-refractivity contribution in [1.29, 1.82) is 0 Å². The van der Waals surface area contributed by atoms with E-state index >= 15 is 0 Å². The van der Waals surface area contributed by atoms with Crippen LogP contribution in [0.4, 0.5) is 5.69 Å². The first-order valence-electron chi connectivity index (χ1n) is 6.24. The Balaban J connectivity index is 1.86. The number of hydrogen-bond donors (Lipinski definition) is 3. The summed E-state index contributed by atoms with van der Waals surface area (Å²) in [6.45, 7) is 2.01. The zero-order valence-electron chi connectivity index (χ0n) is 11.3. The fourth-order valence-electron chi connectivity index (χ4n) is 1.61. The smallest absolute Gasteiger partial charge is 0.269 e. The molecule has 0 aliphatic carbocycles. The van der Waals surface area contributed by atoms with Crippen LogP contribution in [-0.4, -0.2) is 11.0 Å². The summed E-state index contributed by atoms with van der Waals surface area (Å²) < 4.78 is 0. The minimum atomic E-state index is -0.314. The molecule has 0 aliphatic heterocycles. The molecule has 108 valence electrons. The largest absolute Gasteiger partial charge is 0.331 e. The van der Waals surface area contributed by atoms with Gasteiger partial charge in [0.05, 0.1) is 0 Å². The van der Waals surface area contributed by atoms with E-state index in [0.29, 0.717) is 15.7 Å². The van der Waals surface area contributed by atoms with Gasteiger partial charge < -0.3 is 5.32 Å². The van der Waals surface area contributed by atoms with Gasteiger partial charge in [0.25, 0.3) is 5.91 Å². The summed E-state index contributed by atoms with van der Waals surface area (Å²) in [6.07, 6.45) is 0. The van der Waals surface area contributed by atoms with Crippen LogP contribution in [0.3, 0.4) is 0 Å². The number of carbonyl (C=O) groups excluding carboxylic acids is 1. The number of hydrogen-bond acceptors (Lipinski definition) is 2. The monoisotopic (exact) mass is 319 g/mol. The van der Waals surface area contributed by atoms with Gasteiger partial charge in [-0.25, -0.2) is 0 Å². The number of carbonyl (C=O) groups is 1. The highest BCUT2D eigenvalue weighted by atomic mass is 35.5. The molecule has 0 heterocycles. The van der Waals surface area contributed by atoms with Crippen molar-refractivity contribution in [2.75, 3.05) is 5.32 Å². The number of thiocarbonyl (C=S) groups is 1. The van der Waals surface area contributed by atoms with Gasteiger partial charge in [-0.3, -0.25) is 15.6 Å². The van der Waals surface area contributed by atoms with E-state index in [9.17, 15) is 4.79 Å². The van der Waals surface area contributed by atoms with E-state index in [-0.39, 0.29) is 5.91 Å². The van der Waals surface area contributed by atoms with Gasteiger partial charge in [0.1, 0.15) is 0 Å². The molecule has 6 heteroatoms. The molecule has 4 nitrogen and oxygen atoms in total. The van der Waals surface area contributed by atoms with E-state index in [1.165, 1.54) is 0 Å².